The summed E-state index contributed by atoms with van der Waals surface area (Å²) in [5.74, 6) is -2.73. The van der Waals surface area contributed by atoms with Gasteiger partial charge < -0.3 is 18.9 Å². The maximum atomic E-state index is 12.4. The van der Waals surface area contributed by atoms with E-state index in [1.54, 1.807) is 13.8 Å². The van der Waals surface area contributed by atoms with Crippen molar-refractivity contribution in [2.24, 2.45) is 11.8 Å². The van der Waals surface area contributed by atoms with E-state index in [1.807, 2.05) is 12.2 Å². The second-order valence-electron chi connectivity index (χ2n) is 6.59. The number of fused-ring (bicyclic) bond motifs is 2. The third kappa shape index (κ3) is 3.56. The van der Waals surface area contributed by atoms with Gasteiger partial charge in [0.15, 0.2) is 0 Å². The highest BCUT2D eigenvalue weighted by atomic mass is 16.6. The fourth-order valence-corrected chi connectivity index (χ4v) is 3.88. The van der Waals surface area contributed by atoms with Gasteiger partial charge in [-0.2, -0.15) is 0 Å². The van der Waals surface area contributed by atoms with Gasteiger partial charge in [-0.3, -0.25) is 14.4 Å². The van der Waals surface area contributed by atoms with Crippen LogP contribution in [0.2, 0.25) is 0 Å². The van der Waals surface area contributed by atoms with Crippen LogP contribution in [0.4, 0.5) is 0 Å². The normalized spacial score (nSPS) is 32.5. The van der Waals surface area contributed by atoms with E-state index < -0.39 is 35.0 Å². The van der Waals surface area contributed by atoms with Crippen LogP contribution in [-0.2, 0) is 33.3 Å². The number of rotatable bonds is 8. The summed E-state index contributed by atoms with van der Waals surface area (Å²) in [6, 6.07) is 0. The molecule has 0 aromatic rings. The largest absolute Gasteiger partial charge is 0.469 e. The molecule has 2 bridgehead atoms. The van der Waals surface area contributed by atoms with Gasteiger partial charge in [-0.05, 0) is 33.1 Å². The molecule has 0 aromatic carbocycles. The Labute approximate surface area is 147 Å². The van der Waals surface area contributed by atoms with Crippen molar-refractivity contribution in [3.05, 3.63) is 12.2 Å². The van der Waals surface area contributed by atoms with Crippen molar-refractivity contribution in [3.63, 3.8) is 0 Å². The van der Waals surface area contributed by atoms with E-state index in [0.717, 1.165) is 0 Å². The molecule has 140 valence electrons. The molecule has 7 heteroatoms. The second kappa shape index (κ2) is 7.56. The molecule has 2 rings (SSSR count). The van der Waals surface area contributed by atoms with Gasteiger partial charge in [0, 0.05) is 6.42 Å². The molecule has 7 nitrogen and oxygen atoms in total. The average Bonchev–Trinajstić information content (AvgIpc) is 3.06. The van der Waals surface area contributed by atoms with E-state index in [-0.39, 0.29) is 5.97 Å². The lowest BCUT2D eigenvalue weighted by atomic mass is 9.69. The predicted octanol–water partition coefficient (Wildman–Crippen LogP) is 1.79. The molecule has 1 saturated heterocycles. The van der Waals surface area contributed by atoms with Crippen molar-refractivity contribution >= 4 is 17.9 Å². The Balaban J connectivity index is 2.12. The van der Waals surface area contributed by atoms with E-state index in [9.17, 15) is 14.4 Å². The topological polar surface area (TPSA) is 88.1 Å². The Morgan fingerprint density at radius 1 is 1.04 bits per heavy atom. The Morgan fingerprint density at radius 2 is 1.68 bits per heavy atom. The first-order valence-corrected chi connectivity index (χ1v) is 8.55. The van der Waals surface area contributed by atoms with Crippen LogP contribution in [0.3, 0.4) is 0 Å². The molecule has 2 aliphatic rings. The predicted molar refractivity (Wildman–Crippen MR) is 87.5 cm³/mol. The zero-order chi connectivity index (χ0) is 18.7. The molecule has 2 aliphatic heterocycles. The summed E-state index contributed by atoms with van der Waals surface area (Å²) in [6.45, 7) is 3.90. The van der Waals surface area contributed by atoms with Crippen LogP contribution < -0.4 is 0 Å². The average molecular weight is 354 g/mol. The number of unbranched alkanes of at least 4 members (excludes halogenated alkanes) is 1. The Morgan fingerprint density at radius 3 is 2.28 bits per heavy atom. The fourth-order valence-electron chi connectivity index (χ4n) is 3.88. The number of ether oxygens (including phenoxy) is 4. The lowest BCUT2D eigenvalue weighted by molar-refractivity contribution is -0.158. The molecule has 0 aromatic heterocycles. The number of methoxy groups -OCH3 is 2. The van der Waals surface area contributed by atoms with Gasteiger partial charge in [0.1, 0.15) is 17.4 Å². The standard InChI is InChI=1S/C18H26O7/c1-5-24-12(19)8-6-7-9-18-11-10-17(2,25-18)13(15(20)22-3)14(18)16(21)23-4/h10-11,13-14H,5-9H2,1-4H3/t13-,14+,17-,18+/m1/s1. The second-order valence-corrected chi connectivity index (χ2v) is 6.59. The maximum absolute atomic E-state index is 12.4. The van der Waals surface area contributed by atoms with Crippen molar-refractivity contribution in [2.45, 2.75) is 50.7 Å². The van der Waals surface area contributed by atoms with Gasteiger partial charge in [0.25, 0.3) is 0 Å². The summed E-state index contributed by atoms with van der Waals surface area (Å²) in [7, 11) is 2.59. The van der Waals surface area contributed by atoms with Crippen molar-refractivity contribution in [3.8, 4) is 0 Å². The quantitative estimate of drug-likeness (QED) is 0.284. The van der Waals surface area contributed by atoms with E-state index in [1.165, 1.54) is 14.2 Å². The first kappa shape index (κ1) is 19.4. The smallest absolute Gasteiger partial charge is 0.312 e. The van der Waals surface area contributed by atoms with Crippen molar-refractivity contribution in [1.29, 1.82) is 0 Å². The van der Waals surface area contributed by atoms with Gasteiger partial charge in [-0.15, -0.1) is 0 Å². The monoisotopic (exact) mass is 354 g/mol. The third-order valence-electron chi connectivity index (χ3n) is 5.00. The van der Waals surface area contributed by atoms with Crippen LogP contribution in [-0.4, -0.2) is 49.9 Å². The molecule has 0 radical (unpaired) electrons. The Bertz CT molecular complexity index is 570. The summed E-state index contributed by atoms with van der Waals surface area (Å²) in [6.07, 6.45) is 5.75. The molecule has 0 amide bonds. The van der Waals surface area contributed by atoms with Crippen LogP contribution in [0.25, 0.3) is 0 Å². The van der Waals surface area contributed by atoms with Crippen LogP contribution in [0, 0.1) is 11.8 Å². The Hall–Kier alpha value is -1.89. The maximum Gasteiger partial charge on any atom is 0.312 e. The molecule has 4 atom stereocenters. The highest BCUT2D eigenvalue weighted by Crippen LogP contribution is 2.56. The SMILES string of the molecule is CCOC(=O)CCCC[C@@]12C=C[C@@](C)(O1)[C@@H](C(=O)OC)[C@H]2C(=O)OC. The molecule has 0 aliphatic carbocycles. The molecule has 1 fully saturated rings. The number of hydrogen-bond donors (Lipinski definition) is 0. The van der Waals surface area contributed by atoms with E-state index in [0.29, 0.717) is 32.3 Å². The minimum atomic E-state index is -0.907. The summed E-state index contributed by atoms with van der Waals surface area (Å²) in [5, 5.41) is 0. The summed E-state index contributed by atoms with van der Waals surface area (Å²) >= 11 is 0. The molecule has 0 saturated carbocycles. The molecule has 0 N–H and O–H groups in total. The molecular formula is C18H26O7. The number of esters is 3. The van der Waals surface area contributed by atoms with Gasteiger partial charge in [-0.1, -0.05) is 12.2 Å². The molecule has 25 heavy (non-hydrogen) atoms. The molecule has 0 spiro atoms. The van der Waals surface area contributed by atoms with Crippen LogP contribution in [0.15, 0.2) is 12.2 Å². The Kier molecular flexibility index (Phi) is 5.87. The van der Waals surface area contributed by atoms with E-state index in [4.69, 9.17) is 18.9 Å². The highest BCUT2D eigenvalue weighted by Gasteiger charge is 2.67. The number of carbonyl (C=O) groups excluding carboxylic acids is 3. The number of carbonyl (C=O) groups is 3. The van der Waals surface area contributed by atoms with Gasteiger partial charge in [0.2, 0.25) is 0 Å². The molecule has 2 heterocycles. The van der Waals surface area contributed by atoms with E-state index in [2.05, 4.69) is 0 Å². The summed E-state index contributed by atoms with van der Waals surface area (Å²) in [4.78, 5) is 36.1. The summed E-state index contributed by atoms with van der Waals surface area (Å²) in [5.41, 5.74) is -1.80. The minimum absolute atomic E-state index is 0.240. The van der Waals surface area contributed by atoms with Gasteiger partial charge in [-0.25, -0.2) is 0 Å². The first-order valence-electron chi connectivity index (χ1n) is 8.55. The van der Waals surface area contributed by atoms with Crippen molar-refractivity contribution < 1.29 is 33.3 Å². The van der Waals surface area contributed by atoms with Crippen molar-refractivity contribution in [1.82, 2.24) is 0 Å². The first-order chi connectivity index (χ1) is 11.8. The van der Waals surface area contributed by atoms with Crippen LogP contribution in [0.5, 0.6) is 0 Å². The zero-order valence-corrected chi connectivity index (χ0v) is 15.2. The highest BCUT2D eigenvalue weighted by molar-refractivity contribution is 5.86. The fraction of sp³-hybridized carbons (Fsp3) is 0.722. The molecule has 0 unspecified atom stereocenters. The lowest BCUT2D eigenvalue weighted by Crippen LogP contribution is -2.46. The molecular weight excluding hydrogens is 328 g/mol. The minimum Gasteiger partial charge on any atom is -0.469 e. The third-order valence-corrected chi connectivity index (χ3v) is 5.00. The lowest BCUT2D eigenvalue weighted by Gasteiger charge is -2.31. The van der Waals surface area contributed by atoms with Crippen LogP contribution in [0.1, 0.15) is 39.5 Å². The number of hydrogen-bond acceptors (Lipinski definition) is 7. The van der Waals surface area contributed by atoms with Crippen LogP contribution >= 0.6 is 0 Å². The zero-order valence-electron chi connectivity index (χ0n) is 15.2. The van der Waals surface area contributed by atoms with Crippen molar-refractivity contribution in [2.75, 3.05) is 20.8 Å². The summed E-state index contributed by atoms with van der Waals surface area (Å²) < 4.78 is 20.9. The van der Waals surface area contributed by atoms with Gasteiger partial charge >= 0.3 is 17.9 Å². The van der Waals surface area contributed by atoms with Gasteiger partial charge in [0.05, 0.1) is 26.4 Å². The van der Waals surface area contributed by atoms with E-state index >= 15 is 0 Å².